The van der Waals surface area contributed by atoms with Gasteiger partial charge >= 0.3 is 12.1 Å². The first-order chi connectivity index (χ1) is 15.1. The first kappa shape index (κ1) is 25.8. The molecule has 1 amide bonds. The maximum Gasteiger partial charge on any atom is 0.407 e. The Labute approximate surface area is 202 Å². The third-order valence-corrected chi connectivity index (χ3v) is 5.03. The Morgan fingerprint density at radius 1 is 1.03 bits per heavy atom. The molecule has 2 rings (SSSR count). The number of hydrogen-bond acceptors (Lipinski definition) is 5. The number of carboxylic acid groups (broad SMARTS) is 1. The zero-order chi connectivity index (χ0) is 23.6. The van der Waals surface area contributed by atoms with E-state index in [1.54, 1.807) is 0 Å². The molecule has 0 saturated carbocycles. The van der Waals surface area contributed by atoms with Crippen molar-refractivity contribution in [2.45, 2.75) is 52.1 Å². The van der Waals surface area contributed by atoms with Crippen LogP contribution in [0.25, 0.3) is 0 Å². The smallest absolute Gasteiger partial charge is 0.407 e. The second-order valence-electron chi connectivity index (χ2n) is 8.22. The van der Waals surface area contributed by atoms with Crippen LogP contribution in [0.3, 0.4) is 0 Å². The molecule has 0 aliphatic heterocycles. The topological polar surface area (TPSA) is 94.1 Å². The normalized spacial score (nSPS) is 11.0. The van der Waals surface area contributed by atoms with Gasteiger partial charge in [0.2, 0.25) is 0 Å². The van der Waals surface area contributed by atoms with Gasteiger partial charge in [0.05, 0.1) is 10.2 Å². The van der Waals surface area contributed by atoms with E-state index in [1.807, 2.05) is 63.2 Å². The first-order valence-corrected chi connectivity index (χ1v) is 11.6. The van der Waals surface area contributed by atoms with Crippen LogP contribution in [-0.2, 0) is 16.0 Å². The number of hydrogen-bond donors (Lipinski definition) is 2. The third kappa shape index (κ3) is 10.2. The van der Waals surface area contributed by atoms with Crippen LogP contribution in [0.4, 0.5) is 4.79 Å². The number of alkyl carbamates (subject to hydrolysis) is 1. The number of unbranched alkanes of at least 4 members (excludes halogenated alkanes) is 1. The fraction of sp³-hybridized carbons (Fsp3) is 0.417. The van der Waals surface area contributed by atoms with Crippen molar-refractivity contribution >= 4 is 34.7 Å². The Morgan fingerprint density at radius 3 is 2.34 bits per heavy atom. The van der Waals surface area contributed by atoms with Crippen LogP contribution in [0, 0.1) is 3.57 Å². The zero-order valence-corrected chi connectivity index (χ0v) is 20.8. The number of amides is 1. The third-order valence-electron chi connectivity index (χ3n) is 4.18. The van der Waals surface area contributed by atoms with E-state index in [2.05, 4.69) is 27.9 Å². The van der Waals surface area contributed by atoms with Crippen molar-refractivity contribution in [2.75, 3.05) is 13.2 Å². The highest BCUT2D eigenvalue weighted by atomic mass is 127. The minimum atomic E-state index is -0.786. The molecule has 0 radical (unpaired) electrons. The van der Waals surface area contributed by atoms with Crippen LogP contribution >= 0.6 is 22.6 Å². The van der Waals surface area contributed by atoms with Gasteiger partial charge in [0.15, 0.2) is 0 Å². The van der Waals surface area contributed by atoms with Crippen molar-refractivity contribution in [3.63, 3.8) is 0 Å². The fourth-order valence-corrected chi connectivity index (χ4v) is 3.39. The van der Waals surface area contributed by atoms with Crippen LogP contribution in [0.1, 0.15) is 45.6 Å². The Balaban J connectivity index is 1.79. The van der Waals surface area contributed by atoms with E-state index in [4.69, 9.17) is 19.3 Å². The van der Waals surface area contributed by atoms with Crippen molar-refractivity contribution in [2.24, 2.45) is 0 Å². The van der Waals surface area contributed by atoms with Gasteiger partial charge in [-0.25, -0.2) is 4.79 Å². The Morgan fingerprint density at radius 2 is 1.72 bits per heavy atom. The van der Waals surface area contributed by atoms with Gasteiger partial charge in [-0.2, -0.15) is 0 Å². The molecule has 174 valence electrons. The highest BCUT2D eigenvalue weighted by Gasteiger charge is 2.15. The molecule has 0 spiro atoms. The molecule has 7 nitrogen and oxygen atoms in total. The molecule has 2 N–H and O–H groups in total. The number of nitrogens with one attached hydrogen (secondary N) is 1. The van der Waals surface area contributed by atoms with Crippen LogP contribution in [0.2, 0.25) is 0 Å². The molecule has 0 heterocycles. The fourth-order valence-electron chi connectivity index (χ4n) is 2.70. The SMILES string of the molecule is CC(C)(C)OC(=O)NCCc1ccc(Oc2ccc(OCCCCC(=O)O)cc2)c(I)c1. The Bertz CT molecular complexity index is 892. The van der Waals surface area contributed by atoms with Crippen molar-refractivity contribution < 1.29 is 28.9 Å². The molecule has 2 aromatic carbocycles. The van der Waals surface area contributed by atoms with Gasteiger partial charge in [-0.3, -0.25) is 4.79 Å². The molecular weight excluding hydrogens is 525 g/mol. The van der Waals surface area contributed by atoms with Gasteiger partial charge in [0.25, 0.3) is 0 Å². The molecule has 0 atom stereocenters. The zero-order valence-electron chi connectivity index (χ0n) is 18.7. The monoisotopic (exact) mass is 555 g/mol. The molecule has 0 fully saturated rings. The van der Waals surface area contributed by atoms with E-state index in [-0.39, 0.29) is 6.42 Å². The average molecular weight is 555 g/mol. The number of halogens is 1. The number of ether oxygens (including phenoxy) is 3. The van der Waals surface area contributed by atoms with E-state index in [1.165, 1.54) is 0 Å². The molecule has 0 bridgehead atoms. The number of rotatable bonds is 11. The summed E-state index contributed by atoms with van der Waals surface area (Å²) in [6, 6.07) is 13.2. The van der Waals surface area contributed by atoms with Gasteiger partial charge in [-0.1, -0.05) is 6.07 Å². The molecule has 2 aromatic rings. The lowest BCUT2D eigenvalue weighted by Crippen LogP contribution is -2.33. The average Bonchev–Trinajstić information content (AvgIpc) is 2.69. The van der Waals surface area contributed by atoms with Crippen molar-refractivity contribution in [3.05, 3.63) is 51.6 Å². The largest absolute Gasteiger partial charge is 0.494 e. The summed E-state index contributed by atoms with van der Waals surface area (Å²) in [7, 11) is 0. The van der Waals surface area contributed by atoms with E-state index in [0.717, 1.165) is 20.6 Å². The lowest BCUT2D eigenvalue weighted by atomic mass is 10.1. The van der Waals surface area contributed by atoms with Crippen molar-refractivity contribution in [1.29, 1.82) is 0 Å². The molecule has 0 unspecified atom stereocenters. The second kappa shape index (κ2) is 12.5. The van der Waals surface area contributed by atoms with Crippen LogP contribution in [0.5, 0.6) is 17.2 Å². The van der Waals surface area contributed by atoms with Gasteiger partial charge in [0, 0.05) is 13.0 Å². The number of carbonyl (C=O) groups excluding carboxylic acids is 1. The molecule has 32 heavy (non-hydrogen) atoms. The molecular formula is C24H30INO6. The molecule has 0 aliphatic carbocycles. The molecule has 0 aromatic heterocycles. The Kier molecular flexibility index (Phi) is 10.1. The highest BCUT2D eigenvalue weighted by molar-refractivity contribution is 14.1. The standard InChI is InChI=1S/C24H30INO6/c1-24(2,3)32-23(29)26-14-13-17-7-12-21(20(25)16-17)31-19-10-8-18(9-11-19)30-15-5-4-6-22(27)28/h7-12,16H,4-6,13-15H2,1-3H3,(H,26,29)(H,27,28). The summed E-state index contributed by atoms with van der Waals surface area (Å²) in [6.07, 6.45) is 1.73. The van der Waals surface area contributed by atoms with Gasteiger partial charge in [0.1, 0.15) is 22.8 Å². The summed E-state index contributed by atoms with van der Waals surface area (Å²) in [5.74, 6) is 1.37. The minimum Gasteiger partial charge on any atom is -0.494 e. The lowest BCUT2D eigenvalue weighted by Gasteiger charge is -2.19. The van der Waals surface area contributed by atoms with Gasteiger partial charge in [-0.15, -0.1) is 0 Å². The predicted octanol–water partition coefficient (Wildman–Crippen LogP) is 5.78. The van der Waals surface area contributed by atoms with E-state index < -0.39 is 17.7 Å². The van der Waals surface area contributed by atoms with Crippen LogP contribution in [-0.4, -0.2) is 35.9 Å². The first-order valence-electron chi connectivity index (χ1n) is 10.5. The van der Waals surface area contributed by atoms with E-state index >= 15 is 0 Å². The number of benzene rings is 2. The number of carbonyl (C=O) groups is 2. The van der Waals surface area contributed by atoms with Crippen molar-refractivity contribution in [3.8, 4) is 17.2 Å². The molecule has 0 saturated heterocycles. The summed E-state index contributed by atoms with van der Waals surface area (Å²) in [4.78, 5) is 22.2. The van der Waals surface area contributed by atoms with E-state index in [9.17, 15) is 9.59 Å². The molecule has 8 heteroatoms. The molecule has 0 aliphatic rings. The van der Waals surface area contributed by atoms with Crippen LogP contribution in [0.15, 0.2) is 42.5 Å². The maximum absolute atomic E-state index is 11.7. The maximum atomic E-state index is 11.7. The van der Waals surface area contributed by atoms with Gasteiger partial charge in [-0.05, 0) is 105 Å². The second-order valence-corrected chi connectivity index (χ2v) is 9.38. The summed E-state index contributed by atoms with van der Waals surface area (Å²) >= 11 is 2.23. The lowest BCUT2D eigenvalue weighted by molar-refractivity contribution is -0.137. The summed E-state index contributed by atoms with van der Waals surface area (Å²) in [5, 5.41) is 11.4. The van der Waals surface area contributed by atoms with Crippen molar-refractivity contribution in [1.82, 2.24) is 5.32 Å². The van der Waals surface area contributed by atoms with E-state index in [0.29, 0.717) is 38.2 Å². The number of carboxylic acids is 1. The Hall–Kier alpha value is -2.49. The summed E-state index contributed by atoms with van der Waals surface area (Å²) in [5.41, 5.74) is 0.578. The minimum absolute atomic E-state index is 0.161. The summed E-state index contributed by atoms with van der Waals surface area (Å²) < 4.78 is 17.8. The van der Waals surface area contributed by atoms with Crippen LogP contribution < -0.4 is 14.8 Å². The number of aliphatic carboxylic acids is 1. The predicted molar refractivity (Wildman–Crippen MR) is 131 cm³/mol. The summed E-state index contributed by atoms with van der Waals surface area (Å²) in [6.45, 7) is 6.47. The highest BCUT2D eigenvalue weighted by Crippen LogP contribution is 2.29. The quantitative estimate of drug-likeness (QED) is 0.270. The van der Waals surface area contributed by atoms with Gasteiger partial charge < -0.3 is 24.6 Å².